The van der Waals surface area contributed by atoms with Crippen molar-refractivity contribution in [3.05, 3.63) is 40.8 Å². The van der Waals surface area contributed by atoms with Gasteiger partial charge in [-0.1, -0.05) is 6.07 Å². The Morgan fingerprint density at radius 2 is 2.17 bits per heavy atom. The fraction of sp³-hybridized carbons (Fsp3) is 0.167. The van der Waals surface area contributed by atoms with Crippen LogP contribution in [0.5, 0.6) is 0 Å². The van der Waals surface area contributed by atoms with E-state index in [1.165, 1.54) is 12.1 Å². The summed E-state index contributed by atoms with van der Waals surface area (Å²) in [7, 11) is 0. The molecule has 0 fully saturated rings. The topological polar surface area (TPSA) is 83.8 Å². The number of nitrogens with zero attached hydrogens (tertiary/aromatic N) is 1. The molecule has 0 radical (unpaired) electrons. The maximum absolute atomic E-state index is 13.6. The molecule has 0 saturated carbocycles. The minimum absolute atomic E-state index is 0.0411. The fourth-order valence-electron chi connectivity index (χ4n) is 1.51. The molecule has 0 aliphatic heterocycles. The number of carbonyl (C=O) groups excluding carboxylic acids is 1. The lowest BCUT2D eigenvalue weighted by Gasteiger charge is -2.05. The molecular weight excluding hydrogens is 235 g/mol. The van der Waals surface area contributed by atoms with Crippen LogP contribution in [0.1, 0.15) is 21.6 Å². The number of hydrogen-bond acceptors (Lipinski definition) is 3. The number of nitrogens with two attached hydrogens (primary N) is 1. The quantitative estimate of drug-likeness (QED) is 0.760. The Balaban J connectivity index is 2.25. The second kappa shape index (κ2) is 4.48. The molecule has 0 spiro atoms. The summed E-state index contributed by atoms with van der Waals surface area (Å²) in [6.45, 7) is 3.48. The molecule has 0 aliphatic rings. The molecule has 1 amide bonds. The highest BCUT2D eigenvalue weighted by atomic mass is 19.1. The number of rotatable bonds is 2. The van der Waals surface area contributed by atoms with Gasteiger partial charge in [0.15, 0.2) is 5.82 Å². The Labute approximate surface area is 103 Å². The lowest BCUT2D eigenvalue weighted by molar-refractivity contribution is 0.102. The molecule has 0 saturated heterocycles. The number of hydrogen-bond donors (Lipinski definition) is 3. The van der Waals surface area contributed by atoms with Crippen molar-refractivity contribution in [1.29, 1.82) is 0 Å². The summed E-state index contributed by atoms with van der Waals surface area (Å²) in [6.07, 6.45) is 0. The monoisotopic (exact) mass is 248 g/mol. The molecule has 1 heterocycles. The van der Waals surface area contributed by atoms with Gasteiger partial charge in [-0.25, -0.2) is 4.39 Å². The zero-order chi connectivity index (χ0) is 13.3. The molecule has 0 bridgehead atoms. The summed E-state index contributed by atoms with van der Waals surface area (Å²) < 4.78 is 13.6. The van der Waals surface area contributed by atoms with Crippen molar-refractivity contribution in [2.45, 2.75) is 13.8 Å². The van der Waals surface area contributed by atoms with E-state index in [-0.39, 0.29) is 11.4 Å². The highest BCUT2D eigenvalue weighted by Crippen LogP contribution is 2.19. The molecule has 1 aromatic carbocycles. The maximum atomic E-state index is 13.6. The predicted octanol–water partition coefficient (Wildman–Crippen LogP) is 2.00. The second-order valence-corrected chi connectivity index (χ2v) is 4.05. The third-order valence-corrected chi connectivity index (χ3v) is 2.60. The number of aryl methyl sites for hydroxylation is 2. The standard InChI is InChI=1S/C12H13FN4O/c1-6-3-4-8(9(13)5-6)12(18)15-11-10(14)7(2)16-17-11/h3-5H,14H2,1-2H3,(H2,15,16,17,18). The van der Waals surface area contributed by atoms with E-state index >= 15 is 0 Å². The molecule has 5 nitrogen and oxygen atoms in total. The minimum Gasteiger partial charge on any atom is -0.394 e. The van der Waals surface area contributed by atoms with E-state index in [1.54, 1.807) is 19.9 Å². The Bertz CT molecular complexity index is 606. The number of nitrogens with one attached hydrogen (secondary N) is 2. The second-order valence-electron chi connectivity index (χ2n) is 4.05. The average molecular weight is 248 g/mol. The molecule has 1 aromatic heterocycles. The fourth-order valence-corrected chi connectivity index (χ4v) is 1.51. The van der Waals surface area contributed by atoms with E-state index in [4.69, 9.17) is 5.73 Å². The highest BCUT2D eigenvalue weighted by Gasteiger charge is 2.15. The van der Waals surface area contributed by atoms with Crippen LogP contribution >= 0.6 is 0 Å². The third-order valence-electron chi connectivity index (χ3n) is 2.60. The highest BCUT2D eigenvalue weighted by molar-refractivity contribution is 6.05. The van der Waals surface area contributed by atoms with Gasteiger partial charge in [0.05, 0.1) is 16.9 Å². The summed E-state index contributed by atoms with van der Waals surface area (Å²) in [6, 6.07) is 4.39. The first kappa shape index (κ1) is 12.1. The SMILES string of the molecule is Cc1ccc(C(=O)Nc2n[nH]c(C)c2N)c(F)c1. The molecule has 4 N–H and O–H groups in total. The van der Waals surface area contributed by atoms with Gasteiger partial charge in [-0.3, -0.25) is 9.89 Å². The Morgan fingerprint density at radius 3 is 2.72 bits per heavy atom. The van der Waals surface area contributed by atoms with Gasteiger partial charge in [-0.15, -0.1) is 0 Å². The van der Waals surface area contributed by atoms with Gasteiger partial charge in [0, 0.05) is 0 Å². The number of halogens is 1. The summed E-state index contributed by atoms with van der Waals surface area (Å²) in [4.78, 5) is 11.8. The number of H-pyrrole nitrogens is 1. The Kier molecular flexibility index (Phi) is 3.01. The lowest BCUT2D eigenvalue weighted by atomic mass is 10.1. The van der Waals surface area contributed by atoms with Crippen molar-refractivity contribution < 1.29 is 9.18 Å². The first-order valence-corrected chi connectivity index (χ1v) is 5.37. The number of benzene rings is 1. The van der Waals surface area contributed by atoms with Crippen LogP contribution in [0.4, 0.5) is 15.9 Å². The predicted molar refractivity (Wildman–Crippen MR) is 66.8 cm³/mol. The van der Waals surface area contributed by atoms with Crippen LogP contribution in [0.15, 0.2) is 18.2 Å². The molecule has 18 heavy (non-hydrogen) atoms. The normalized spacial score (nSPS) is 10.4. The molecule has 2 aromatic rings. The molecule has 0 unspecified atom stereocenters. The lowest BCUT2D eigenvalue weighted by Crippen LogP contribution is -2.15. The summed E-state index contributed by atoms with van der Waals surface area (Å²) in [5.74, 6) is -0.943. The zero-order valence-corrected chi connectivity index (χ0v) is 10.0. The van der Waals surface area contributed by atoms with Crippen molar-refractivity contribution in [1.82, 2.24) is 10.2 Å². The van der Waals surface area contributed by atoms with E-state index in [1.807, 2.05) is 0 Å². The van der Waals surface area contributed by atoms with Gasteiger partial charge in [0.1, 0.15) is 5.82 Å². The van der Waals surface area contributed by atoms with Crippen molar-refractivity contribution >= 4 is 17.4 Å². The molecule has 0 aliphatic carbocycles. The molecule has 2 rings (SSSR count). The largest absolute Gasteiger partial charge is 0.394 e. The number of aromatic nitrogens is 2. The molecule has 94 valence electrons. The molecule has 6 heteroatoms. The smallest absolute Gasteiger partial charge is 0.259 e. The van der Waals surface area contributed by atoms with Gasteiger partial charge < -0.3 is 11.1 Å². The summed E-state index contributed by atoms with van der Waals surface area (Å²) >= 11 is 0. The number of carbonyl (C=O) groups is 1. The number of anilines is 2. The van der Waals surface area contributed by atoms with Crippen LogP contribution < -0.4 is 11.1 Å². The number of nitrogen functional groups attached to an aromatic ring is 1. The van der Waals surface area contributed by atoms with E-state index in [2.05, 4.69) is 15.5 Å². The van der Waals surface area contributed by atoms with Gasteiger partial charge in [-0.2, -0.15) is 5.10 Å². The van der Waals surface area contributed by atoms with Crippen LogP contribution in [0, 0.1) is 19.7 Å². The summed E-state index contributed by atoms with van der Waals surface area (Å²) in [5.41, 5.74) is 7.39. The minimum atomic E-state index is -0.578. The third kappa shape index (κ3) is 2.17. The van der Waals surface area contributed by atoms with Gasteiger partial charge in [0.2, 0.25) is 0 Å². The van der Waals surface area contributed by atoms with Gasteiger partial charge in [-0.05, 0) is 31.5 Å². The van der Waals surface area contributed by atoms with Crippen molar-refractivity contribution in [3.8, 4) is 0 Å². The first-order valence-electron chi connectivity index (χ1n) is 5.37. The van der Waals surface area contributed by atoms with Gasteiger partial charge in [0.25, 0.3) is 5.91 Å². The van der Waals surface area contributed by atoms with Crippen LogP contribution in [0.3, 0.4) is 0 Å². The van der Waals surface area contributed by atoms with E-state index in [9.17, 15) is 9.18 Å². The number of amides is 1. The van der Waals surface area contributed by atoms with Crippen LogP contribution in [-0.4, -0.2) is 16.1 Å². The van der Waals surface area contributed by atoms with E-state index in [0.717, 1.165) is 5.56 Å². The first-order chi connectivity index (χ1) is 8.49. The van der Waals surface area contributed by atoms with Crippen molar-refractivity contribution in [2.75, 3.05) is 11.1 Å². The zero-order valence-electron chi connectivity index (χ0n) is 10.0. The molecule has 0 atom stereocenters. The maximum Gasteiger partial charge on any atom is 0.259 e. The van der Waals surface area contributed by atoms with E-state index < -0.39 is 11.7 Å². The van der Waals surface area contributed by atoms with Gasteiger partial charge >= 0.3 is 0 Å². The molecular formula is C12H13FN4O. The van der Waals surface area contributed by atoms with Crippen LogP contribution in [-0.2, 0) is 0 Å². The Morgan fingerprint density at radius 1 is 1.44 bits per heavy atom. The van der Waals surface area contributed by atoms with Crippen molar-refractivity contribution in [3.63, 3.8) is 0 Å². The Hall–Kier alpha value is -2.37. The van der Waals surface area contributed by atoms with Crippen molar-refractivity contribution in [2.24, 2.45) is 0 Å². The average Bonchev–Trinajstić information content (AvgIpc) is 2.61. The summed E-state index contributed by atoms with van der Waals surface area (Å²) in [5, 5.41) is 8.92. The van der Waals surface area contributed by atoms with Crippen LogP contribution in [0.2, 0.25) is 0 Å². The van der Waals surface area contributed by atoms with Crippen LogP contribution in [0.25, 0.3) is 0 Å². The van der Waals surface area contributed by atoms with E-state index in [0.29, 0.717) is 11.4 Å². The number of aromatic amines is 1.